The minimum absolute atomic E-state index is 0.188. The number of hydrogen-bond acceptors (Lipinski definition) is 4. The van der Waals surface area contributed by atoms with E-state index in [0.717, 1.165) is 17.0 Å². The summed E-state index contributed by atoms with van der Waals surface area (Å²) in [7, 11) is 0. The van der Waals surface area contributed by atoms with Gasteiger partial charge in [-0.1, -0.05) is 35.3 Å². The summed E-state index contributed by atoms with van der Waals surface area (Å²) in [5.41, 5.74) is 2.50. The second-order valence-corrected chi connectivity index (χ2v) is 6.98. The van der Waals surface area contributed by atoms with Crippen LogP contribution in [0.1, 0.15) is 23.9 Å². The number of rotatable bonds is 8. The van der Waals surface area contributed by atoms with E-state index in [1.165, 1.54) is 0 Å². The summed E-state index contributed by atoms with van der Waals surface area (Å²) in [5.74, 6) is -0.481. The molecule has 150 valence electrons. The Morgan fingerprint density at radius 2 is 2.00 bits per heavy atom. The molecule has 1 aromatic carbocycles. The molecule has 0 saturated carbocycles. The van der Waals surface area contributed by atoms with Gasteiger partial charge in [-0.15, -0.1) is 0 Å². The Morgan fingerprint density at radius 3 is 2.68 bits per heavy atom. The van der Waals surface area contributed by atoms with Gasteiger partial charge in [0.05, 0.1) is 18.8 Å². The molecule has 0 aliphatic heterocycles. The number of aryl methyl sites for hydroxylation is 1. The van der Waals surface area contributed by atoms with Gasteiger partial charge in [-0.25, -0.2) is 4.79 Å². The number of nitrogens with one attached hydrogen (secondary N) is 1. The van der Waals surface area contributed by atoms with Gasteiger partial charge >= 0.3 is 12.0 Å². The van der Waals surface area contributed by atoms with Crippen LogP contribution in [0, 0.1) is 6.92 Å². The van der Waals surface area contributed by atoms with E-state index in [4.69, 9.17) is 27.9 Å². The third-order valence-electron chi connectivity index (χ3n) is 3.94. The Morgan fingerprint density at radius 1 is 1.21 bits per heavy atom. The molecule has 28 heavy (non-hydrogen) atoms. The molecule has 0 bridgehead atoms. The maximum atomic E-state index is 12.6. The lowest BCUT2D eigenvalue weighted by Crippen LogP contribution is -2.43. The first-order chi connectivity index (χ1) is 13.4. The molecule has 1 heterocycles. The SMILES string of the molecule is CCOC(=O)CNC(=O)N(CCc1ccc(Cl)cc1Cl)Cc1cccc(C)n1. The van der Waals surface area contributed by atoms with Crippen molar-refractivity contribution in [3.63, 3.8) is 0 Å². The van der Waals surface area contributed by atoms with Gasteiger partial charge in [0.15, 0.2) is 0 Å². The highest BCUT2D eigenvalue weighted by molar-refractivity contribution is 6.35. The van der Waals surface area contributed by atoms with Crippen molar-refractivity contribution < 1.29 is 14.3 Å². The number of amides is 2. The molecule has 0 aliphatic rings. The molecule has 0 atom stereocenters. The van der Waals surface area contributed by atoms with Gasteiger partial charge in [0.1, 0.15) is 6.54 Å². The number of carbonyl (C=O) groups excluding carboxylic acids is 2. The van der Waals surface area contributed by atoms with Gasteiger partial charge in [-0.2, -0.15) is 0 Å². The van der Waals surface area contributed by atoms with Crippen molar-refractivity contribution in [2.45, 2.75) is 26.8 Å². The predicted molar refractivity (Wildman–Crippen MR) is 110 cm³/mol. The molecule has 0 aliphatic carbocycles. The first-order valence-corrected chi connectivity index (χ1v) is 9.69. The maximum absolute atomic E-state index is 12.6. The van der Waals surface area contributed by atoms with Gasteiger partial charge in [0.25, 0.3) is 0 Å². The second-order valence-electron chi connectivity index (χ2n) is 6.14. The van der Waals surface area contributed by atoms with Crippen LogP contribution in [-0.2, 0) is 22.5 Å². The first-order valence-electron chi connectivity index (χ1n) is 8.94. The van der Waals surface area contributed by atoms with E-state index in [1.54, 1.807) is 24.0 Å². The summed E-state index contributed by atoms with van der Waals surface area (Å²) in [5, 5.41) is 3.70. The van der Waals surface area contributed by atoms with Crippen LogP contribution in [0.25, 0.3) is 0 Å². The number of carbonyl (C=O) groups is 2. The van der Waals surface area contributed by atoms with E-state index in [9.17, 15) is 9.59 Å². The van der Waals surface area contributed by atoms with Crippen molar-refractivity contribution >= 4 is 35.2 Å². The lowest BCUT2D eigenvalue weighted by molar-refractivity contribution is -0.141. The summed E-state index contributed by atoms with van der Waals surface area (Å²) in [4.78, 5) is 30.2. The van der Waals surface area contributed by atoms with Crippen LogP contribution in [0.15, 0.2) is 36.4 Å². The largest absolute Gasteiger partial charge is 0.465 e. The highest BCUT2D eigenvalue weighted by Crippen LogP contribution is 2.21. The van der Waals surface area contributed by atoms with Crippen molar-refractivity contribution in [3.8, 4) is 0 Å². The molecule has 0 fully saturated rings. The van der Waals surface area contributed by atoms with Crippen LogP contribution in [0.5, 0.6) is 0 Å². The van der Waals surface area contributed by atoms with Crippen molar-refractivity contribution in [2.75, 3.05) is 19.7 Å². The lowest BCUT2D eigenvalue weighted by atomic mass is 10.1. The Balaban J connectivity index is 2.08. The number of hydrogen-bond donors (Lipinski definition) is 1. The van der Waals surface area contributed by atoms with Gasteiger partial charge in [-0.3, -0.25) is 9.78 Å². The Bertz CT molecular complexity index is 830. The van der Waals surface area contributed by atoms with Crippen LogP contribution in [0.2, 0.25) is 10.0 Å². The normalized spacial score (nSPS) is 10.4. The van der Waals surface area contributed by atoms with Crippen molar-refractivity contribution in [2.24, 2.45) is 0 Å². The van der Waals surface area contributed by atoms with Gasteiger partial charge < -0.3 is 15.0 Å². The summed E-state index contributed by atoms with van der Waals surface area (Å²) >= 11 is 12.2. The van der Waals surface area contributed by atoms with E-state index in [1.807, 2.05) is 31.2 Å². The zero-order chi connectivity index (χ0) is 20.5. The molecule has 8 heteroatoms. The second kappa shape index (κ2) is 10.9. The highest BCUT2D eigenvalue weighted by Gasteiger charge is 2.17. The van der Waals surface area contributed by atoms with E-state index in [0.29, 0.717) is 29.6 Å². The number of aromatic nitrogens is 1. The molecule has 0 saturated heterocycles. The molecular weight excluding hydrogens is 401 g/mol. The maximum Gasteiger partial charge on any atom is 0.325 e. The molecule has 0 radical (unpaired) electrons. The van der Waals surface area contributed by atoms with Crippen LogP contribution in [0.3, 0.4) is 0 Å². The smallest absolute Gasteiger partial charge is 0.325 e. The van der Waals surface area contributed by atoms with Crippen molar-refractivity contribution in [1.82, 2.24) is 15.2 Å². The van der Waals surface area contributed by atoms with Gasteiger partial charge in [-0.05, 0) is 50.1 Å². The number of nitrogens with zero attached hydrogens (tertiary/aromatic N) is 2. The fraction of sp³-hybridized carbons (Fsp3) is 0.350. The third kappa shape index (κ3) is 7.02. The highest BCUT2D eigenvalue weighted by atomic mass is 35.5. The summed E-state index contributed by atoms with van der Waals surface area (Å²) in [6, 6.07) is 10.5. The Kier molecular flexibility index (Phi) is 8.54. The van der Waals surface area contributed by atoms with E-state index < -0.39 is 5.97 Å². The molecule has 1 N–H and O–H groups in total. The number of halogens is 2. The Hall–Kier alpha value is -2.31. The van der Waals surface area contributed by atoms with Crippen LogP contribution >= 0.6 is 23.2 Å². The minimum Gasteiger partial charge on any atom is -0.465 e. The summed E-state index contributed by atoms with van der Waals surface area (Å²) in [6.07, 6.45) is 0.536. The third-order valence-corrected chi connectivity index (χ3v) is 4.53. The number of urea groups is 1. The molecule has 2 amide bonds. The van der Waals surface area contributed by atoms with E-state index in [-0.39, 0.29) is 19.2 Å². The zero-order valence-corrected chi connectivity index (χ0v) is 17.4. The molecule has 0 unspecified atom stereocenters. The van der Waals surface area contributed by atoms with Crippen LogP contribution in [-0.4, -0.2) is 41.6 Å². The standard InChI is InChI=1S/C20H23Cl2N3O3/c1-3-28-19(26)12-23-20(27)25(13-17-6-4-5-14(2)24-17)10-9-15-7-8-16(21)11-18(15)22/h4-8,11H,3,9-10,12-13H2,1-2H3,(H,23,27). The molecule has 1 aromatic heterocycles. The lowest BCUT2D eigenvalue weighted by Gasteiger charge is -2.23. The fourth-order valence-electron chi connectivity index (χ4n) is 2.59. The summed E-state index contributed by atoms with van der Waals surface area (Å²) < 4.78 is 4.85. The van der Waals surface area contributed by atoms with E-state index >= 15 is 0 Å². The topological polar surface area (TPSA) is 71.5 Å². The van der Waals surface area contributed by atoms with Gasteiger partial charge in [0.2, 0.25) is 0 Å². The Labute approximate surface area is 174 Å². The molecular formula is C20H23Cl2N3O3. The molecule has 2 rings (SSSR count). The molecule has 2 aromatic rings. The van der Waals surface area contributed by atoms with E-state index in [2.05, 4.69) is 10.3 Å². The molecule has 6 nitrogen and oxygen atoms in total. The average molecular weight is 424 g/mol. The zero-order valence-electron chi connectivity index (χ0n) is 15.9. The average Bonchev–Trinajstić information content (AvgIpc) is 2.64. The van der Waals surface area contributed by atoms with Crippen LogP contribution < -0.4 is 5.32 Å². The monoisotopic (exact) mass is 423 g/mol. The minimum atomic E-state index is -0.481. The predicted octanol–water partition coefficient (Wildman–Crippen LogP) is 4.01. The van der Waals surface area contributed by atoms with Gasteiger partial charge in [0, 0.05) is 22.3 Å². The molecule has 0 spiro atoms. The number of ether oxygens (including phenoxy) is 1. The summed E-state index contributed by atoms with van der Waals surface area (Å²) in [6.45, 7) is 4.38. The first kappa shape index (κ1) is 22.0. The van der Waals surface area contributed by atoms with Crippen molar-refractivity contribution in [3.05, 3.63) is 63.4 Å². The van der Waals surface area contributed by atoms with Crippen LogP contribution in [0.4, 0.5) is 4.79 Å². The fourth-order valence-corrected chi connectivity index (χ4v) is 3.09. The quantitative estimate of drug-likeness (QED) is 0.650. The number of pyridine rings is 1. The van der Waals surface area contributed by atoms with Crippen molar-refractivity contribution in [1.29, 1.82) is 0 Å². The number of esters is 1. The number of benzene rings is 1.